The number of benzene rings is 1. The number of hydrogen-bond donors (Lipinski definition) is 1. The third-order valence-electron chi connectivity index (χ3n) is 6.19. The smallest absolute Gasteiger partial charge is 0.410 e. The number of pyridine rings is 1. The SMILES string of the molecule is CC(C)(C)OC(=O)N1CCC(n2cc(-c3cnc(N)c(-c4cc(-c5ccccc5)on4)c3)cn2)CC1. The zero-order valence-corrected chi connectivity index (χ0v) is 20.7. The van der Waals surface area contributed by atoms with Crippen molar-refractivity contribution in [2.75, 3.05) is 18.8 Å². The second kappa shape index (κ2) is 9.49. The van der Waals surface area contributed by atoms with Crippen molar-refractivity contribution in [1.29, 1.82) is 0 Å². The predicted molar refractivity (Wildman–Crippen MR) is 137 cm³/mol. The Labute approximate surface area is 209 Å². The Morgan fingerprint density at radius 2 is 1.81 bits per heavy atom. The van der Waals surface area contributed by atoms with Gasteiger partial charge in [-0.25, -0.2) is 9.78 Å². The van der Waals surface area contributed by atoms with Gasteiger partial charge in [-0.15, -0.1) is 0 Å². The second-order valence-corrected chi connectivity index (χ2v) is 10.0. The van der Waals surface area contributed by atoms with E-state index in [-0.39, 0.29) is 12.1 Å². The molecule has 1 aromatic carbocycles. The van der Waals surface area contributed by atoms with Gasteiger partial charge in [-0.2, -0.15) is 5.10 Å². The average molecular weight is 487 g/mol. The van der Waals surface area contributed by atoms with Crippen LogP contribution in [0.25, 0.3) is 33.7 Å². The van der Waals surface area contributed by atoms with E-state index in [1.165, 1.54) is 0 Å². The number of hydrogen-bond acceptors (Lipinski definition) is 7. The fourth-order valence-electron chi connectivity index (χ4n) is 4.31. The quantitative estimate of drug-likeness (QED) is 0.410. The largest absolute Gasteiger partial charge is 0.444 e. The summed E-state index contributed by atoms with van der Waals surface area (Å²) in [5, 5.41) is 8.83. The Hall–Kier alpha value is -4.14. The summed E-state index contributed by atoms with van der Waals surface area (Å²) in [5.74, 6) is 1.05. The number of aromatic nitrogens is 4. The van der Waals surface area contributed by atoms with E-state index in [0.29, 0.717) is 35.9 Å². The van der Waals surface area contributed by atoms with Crippen molar-refractivity contribution in [3.63, 3.8) is 0 Å². The molecule has 1 amide bonds. The van der Waals surface area contributed by atoms with Crippen LogP contribution in [0.5, 0.6) is 0 Å². The molecule has 186 valence electrons. The maximum absolute atomic E-state index is 12.4. The standard InChI is InChI=1S/C27H30N6O3/c1-27(2,3)35-26(34)32-11-9-21(10-12-32)33-17-20(16-30-33)19-13-22(25(28)29-15-19)23-14-24(36-31-23)18-7-5-4-6-8-18/h4-8,13-17,21H,9-12H2,1-3H3,(H2,28,29). The fraction of sp³-hybridized carbons (Fsp3) is 0.333. The first kappa shape index (κ1) is 23.6. The minimum Gasteiger partial charge on any atom is -0.444 e. The molecule has 0 atom stereocenters. The van der Waals surface area contributed by atoms with E-state index >= 15 is 0 Å². The third kappa shape index (κ3) is 5.10. The molecular formula is C27H30N6O3. The summed E-state index contributed by atoms with van der Waals surface area (Å²) in [6, 6.07) is 13.8. The number of nitrogens with two attached hydrogens (primary N) is 1. The Balaban J connectivity index is 1.30. The first-order chi connectivity index (χ1) is 17.3. The third-order valence-corrected chi connectivity index (χ3v) is 6.19. The van der Waals surface area contributed by atoms with E-state index in [1.807, 2.05) is 80.3 Å². The van der Waals surface area contributed by atoms with Crippen molar-refractivity contribution in [1.82, 2.24) is 24.8 Å². The van der Waals surface area contributed by atoms with Crippen LogP contribution in [-0.2, 0) is 4.74 Å². The van der Waals surface area contributed by atoms with E-state index in [2.05, 4.69) is 15.2 Å². The molecule has 1 fully saturated rings. The highest BCUT2D eigenvalue weighted by atomic mass is 16.6. The lowest BCUT2D eigenvalue weighted by Gasteiger charge is -2.33. The van der Waals surface area contributed by atoms with Gasteiger partial charge in [0.15, 0.2) is 5.76 Å². The minimum absolute atomic E-state index is 0.211. The van der Waals surface area contributed by atoms with E-state index in [4.69, 9.17) is 15.0 Å². The van der Waals surface area contributed by atoms with Gasteiger partial charge in [-0.05, 0) is 39.7 Å². The van der Waals surface area contributed by atoms with Gasteiger partial charge >= 0.3 is 6.09 Å². The monoisotopic (exact) mass is 486 g/mol. The molecule has 0 unspecified atom stereocenters. The number of rotatable bonds is 4. The zero-order valence-electron chi connectivity index (χ0n) is 20.7. The minimum atomic E-state index is -0.494. The van der Waals surface area contributed by atoms with Crippen molar-refractivity contribution >= 4 is 11.9 Å². The van der Waals surface area contributed by atoms with Crippen LogP contribution in [0.15, 0.2) is 65.6 Å². The van der Waals surface area contributed by atoms with Crippen LogP contribution >= 0.6 is 0 Å². The summed E-state index contributed by atoms with van der Waals surface area (Å²) in [4.78, 5) is 18.5. The van der Waals surface area contributed by atoms with Crippen LogP contribution in [0.2, 0.25) is 0 Å². The van der Waals surface area contributed by atoms with Crippen LogP contribution < -0.4 is 5.73 Å². The van der Waals surface area contributed by atoms with Crippen LogP contribution in [-0.4, -0.2) is 49.6 Å². The van der Waals surface area contributed by atoms with Gasteiger partial charge < -0.3 is 19.9 Å². The van der Waals surface area contributed by atoms with Gasteiger partial charge in [0.1, 0.15) is 17.1 Å². The van der Waals surface area contributed by atoms with E-state index < -0.39 is 5.60 Å². The zero-order chi connectivity index (χ0) is 25.3. The molecule has 0 spiro atoms. The molecule has 9 nitrogen and oxygen atoms in total. The normalized spacial score (nSPS) is 14.7. The summed E-state index contributed by atoms with van der Waals surface area (Å²) in [6.07, 6.45) is 6.95. The van der Waals surface area contributed by atoms with Gasteiger partial charge in [0.05, 0.1) is 12.2 Å². The molecule has 3 aromatic heterocycles. The Morgan fingerprint density at radius 1 is 1.06 bits per heavy atom. The highest BCUT2D eigenvalue weighted by Gasteiger charge is 2.28. The molecule has 9 heteroatoms. The van der Waals surface area contributed by atoms with Gasteiger partial charge in [0.2, 0.25) is 0 Å². The fourth-order valence-corrected chi connectivity index (χ4v) is 4.31. The average Bonchev–Trinajstić information content (AvgIpc) is 3.55. The number of anilines is 1. The molecule has 1 saturated heterocycles. The van der Waals surface area contributed by atoms with Crippen molar-refractivity contribution in [3.05, 3.63) is 61.1 Å². The summed E-state index contributed by atoms with van der Waals surface area (Å²) in [6.45, 7) is 6.91. The second-order valence-electron chi connectivity index (χ2n) is 10.0. The molecular weight excluding hydrogens is 456 g/mol. The Kier molecular flexibility index (Phi) is 6.22. The lowest BCUT2D eigenvalue weighted by molar-refractivity contribution is 0.0185. The van der Waals surface area contributed by atoms with E-state index in [0.717, 1.165) is 29.5 Å². The van der Waals surface area contributed by atoms with Gasteiger partial charge in [-0.1, -0.05) is 35.5 Å². The van der Waals surface area contributed by atoms with Crippen LogP contribution in [0.1, 0.15) is 39.7 Å². The van der Waals surface area contributed by atoms with Crippen LogP contribution in [0.4, 0.5) is 10.6 Å². The van der Waals surface area contributed by atoms with Gasteiger partial charge in [0.25, 0.3) is 0 Å². The summed E-state index contributed by atoms with van der Waals surface area (Å²) >= 11 is 0. The molecule has 0 bridgehead atoms. The number of piperidine rings is 1. The highest BCUT2D eigenvalue weighted by Crippen LogP contribution is 2.32. The molecule has 0 aliphatic carbocycles. The predicted octanol–water partition coefficient (Wildman–Crippen LogP) is 5.42. The molecule has 1 aliphatic rings. The summed E-state index contributed by atoms with van der Waals surface area (Å²) in [7, 11) is 0. The number of ether oxygens (including phenoxy) is 1. The van der Waals surface area contributed by atoms with Crippen molar-refractivity contribution in [2.45, 2.75) is 45.3 Å². The van der Waals surface area contributed by atoms with Crippen molar-refractivity contribution < 1.29 is 14.1 Å². The number of carbonyl (C=O) groups is 1. The molecule has 4 heterocycles. The topological polar surface area (TPSA) is 112 Å². The first-order valence-electron chi connectivity index (χ1n) is 12.1. The highest BCUT2D eigenvalue weighted by molar-refractivity contribution is 5.78. The number of carbonyl (C=O) groups excluding carboxylic acids is 1. The molecule has 1 aliphatic heterocycles. The van der Waals surface area contributed by atoms with Gasteiger partial charge in [0, 0.05) is 53.8 Å². The Bertz CT molecular complexity index is 1350. The molecule has 0 radical (unpaired) electrons. The maximum Gasteiger partial charge on any atom is 0.410 e. The number of amides is 1. The lowest BCUT2D eigenvalue weighted by Crippen LogP contribution is -2.42. The maximum atomic E-state index is 12.4. The van der Waals surface area contributed by atoms with Crippen LogP contribution in [0, 0.1) is 0 Å². The summed E-state index contributed by atoms with van der Waals surface area (Å²) < 4.78 is 13.0. The first-order valence-corrected chi connectivity index (χ1v) is 12.1. The lowest BCUT2D eigenvalue weighted by atomic mass is 10.0. The molecule has 5 rings (SSSR count). The van der Waals surface area contributed by atoms with Crippen LogP contribution in [0.3, 0.4) is 0 Å². The van der Waals surface area contributed by atoms with E-state index in [9.17, 15) is 4.79 Å². The molecule has 2 N–H and O–H groups in total. The number of nitrogens with zero attached hydrogens (tertiary/aromatic N) is 5. The number of likely N-dealkylation sites (tertiary alicyclic amines) is 1. The molecule has 36 heavy (non-hydrogen) atoms. The Morgan fingerprint density at radius 3 is 2.53 bits per heavy atom. The summed E-state index contributed by atoms with van der Waals surface area (Å²) in [5.41, 5.74) is 9.80. The van der Waals surface area contributed by atoms with Crippen molar-refractivity contribution in [2.24, 2.45) is 0 Å². The van der Waals surface area contributed by atoms with Gasteiger partial charge in [-0.3, -0.25) is 4.68 Å². The molecule has 4 aromatic rings. The number of nitrogen functional groups attached to an aromatic ring is 1. The van der Waals surface area contributed by atoms with E-state index in [1.54, 1.807) is 11.1 Å². The van der Waals surface area contributed by atoms with Crippen molar-refractivity contribution in [3.8, 4) is 33.7 Å². The molecule has 0 saturated carbocycles.